The minimum Gasteiger partial charge on any atom is -0.302 e. The summed E-state index contributed by atoms with van der Waals surface area (Å²) in [4.78, 5) is 17.1. The van der Waals surface area contributed by atoms with Crippen molar-refractivity contribution in [1.29, 1.82) is 0 Å². The van der Waals surface area contributed by atoms with Crippen LogP contribution in [0.3, 0.4) is 0 Å². The SMILES string of the molecule is CN(C)S(=O)(=O)c1ccc2nc(NC(=O)Cc3ccc(-c4ccccc4)cc3)sc2c1. The second-order valence-corrected chi connectivity index (χ2v) is 10.4. The van der Waals surface area contributed by atoms with Gasteiger partial charge in [-0.05, 0) is 34.9 Å². The van der Waals surface area contributed by atoms with Crippen molar-refractivity contribution in [3.8, 4) is 11.1 Å². The topological polar surface area (TPSA) is 79.4 Å². The van der Waals surface area contributed by atoms with Crippen molar-refractivity contribution in [2.75, 3.05) is 19.4 Å². The molecule has 1 N–H and O–H groups in total. The van der Waals surface area contributed by atoms with E-state index in [2.05, 4.69) is 10.3 Å². The molecule has 4 aromatic rings. The maximum Gasteiger partial charge on any atom is 0.242 e. The highest BCUT2D eigenvalue weighted by Gasteiger charge is 2.18. The normalized spacial score (nSPS) is 11.7. The Hall–Kier alpha value is -3.07. The van der Waals surface area contributed by atoms with Crippen LogP contribution >= 0.6 is 11.3 Å². The minimum absolute atomic E-state index is 0.173. The molecule has 0 radical (unpaired) electrons. The van der Waals surface area contributed by atoms with E-state index in [0.717, 1.165) is 16.7 Å². The maximum absolute atomic E-state index is 12.5. The molecular formula is C23H21N3O3S2. The van der Waals surface area contributed by atoms with Crippen molar-refractivity contribution in [2.24, 2.45) is 0 Å². The monoisotopic (exact) mass is 451 g/mol. The van der Waals surface area contributed by atoms with E-state index < -0.39 is 10.0 Å². The van der Waals surface area contributed by atoms with Gasteiger partial charge >= 0.3 is 0 Å². The molecule has 0 unspecified atom stereocenters. The Kier molecular flexibility index (Phi) is 5.86. The number of hydrogen-bond acceptors (Lipinski definition) is 5. The van der Waals surface area contributed by atoms with Crippen LogP contribution in [0.4, 0.5) is 5.13 Å². The first-order valence-corrected chi connectivity index (χ1v) is 11.9. The second-order valence-electron chi connectivity index (χ2n) is 7.22. The molecule has 158 valence electrons. The van der Waals surface area contributed by atoms with Crippen LogP contribution in [0.25, 0.3) is 21.3 Å². The summed E-state index contributed by atoms with van der Waals surface area (Å²) in [5, 5.41) is 3.26. The average Bonchev–Trinajstić information content (AvgIpc) is 3.16. The lowest BCUT2D eigenvalue weighted by molar-refractivity contribution is -0.115. The number of carbonyl (C=O) groups is 1. The first kappa shape index (κ1) is 21.2. The summed E-state index contributed by atoms with van der Waals surface area (Å²) in [6.07, 6.45) is 0.227. The third kappa shape index (κ3) is 4.66. The van der Waals surface area contributed by atoms with Gasteiger partial charge in [-0.2, -0.15) is 0 Å². The first-order chi connectivity index (χ1) is 14.8. The summed E-state index contributed by atoms with van der Waals surface area (Å²) in [6.45, 7) is 0. The molecule has 0 aliphatic rings. The van der Waals surface area contributed by atoms with Crippen LogP contribution < -0.4 is 5.32 Å². The number of carbonyl (C=O) groups excluding carboxylic acids is 1. The summed E-state index contributed by atoms with van der Waals surface area (Å²) >= 11 is 1.25. The Bertz CT molecular complexity index is 1330. The van der Waals surface area contributed by atoms with Crippen LogP contribution in [-0.2, 0) is 21.2 Å². The van der Waals surface area contributed by atoms with Crippen LogP contribution in [0.5, 0.6) is 0 Å². The number of benzene rings is 3. The molecule has 0 aliphatic heterocycles. The molecule has 0 saturated heterocycles. The van der Waals surface area contributed by atoms with Gasteiger partial charge in [-0.3, -0.25) is 4.79 Å². The Labute approximate surface area is 185 Å². The van der Waals surface area contributed by atoms with Crippen LogP contribution in [0.1, 0.15) is 5.56 Å². The highest BCUT2D eigenvalue weighted by molar-refractivity contribution is 7.89. The number of nitrogens with one attached hydrogen (secondary N) is 1. The van der Waals surface area contributed by atoms with E-state index >= 15 is 0 Å². The predicted molar refractivity (Wildman–Crippen MR) is 125 cm³/mol. The number of amides is 1. The molecule has 6 nitrogen and oxygen atoms in total. The lowest BCUT2D eigenvalue weighted by atomic mass is 10.0. The Morgan fingerprint density at radius 1 is 0.968 bits per heavy atom. The van der Waals surface area contributed by atoms with Crippen LogP contribution in [0, 0.1) is 0 Å². The third-order valence-corrected chi connectivity index (χ3v) is 7.56. The maximum atomic E-state index is 12.5. The van der Waals surface area contributed by atoms with Crippen molar-refractivity contribution in [3.63, 3.8) is 0 Å². The lowest BCUT2D eigenvalue weighted by Crippen LogP contribution is -2.22. The number of nitrogens with zero attached hydrogens (tertiary/aromatic N) is 2. The van der Waals surface area contributed by atoms with Gasteiger partial charge in [-0.25, -0.2) is 17.7 Å². The van der Waals surface area contributed by atoms with E-state index in [4.69, 9.17) is 0 Å². The Morgan fingerprint density at radius 2 is 1.65 bits per heavy atom. The third-order valence-electron chi connectivity index (χ3n) is 4.81. The molecule has 8 heteroatoms. The number of aromatic nitrogens is 1. The molecule has 31 heavy (non-hydrogen) atoms. The van der Waals surface area contributed by atoms with E-state index in [1.807, 2.05) is 54.6 Å². The summed E-state index contributed by atoms with van der Waals surface area (Å²) in [7, 11) is -0.541. The van der Waals surface area contributed by atoms with Gasteiger partial charge in [0.1, 0.15) is 0 Å². The van der Waals surface area contributed by atoms with E-state index in [1.54, 1.807) is 12.1 Å². The molecule has 0 fully saturated rings. The van der Waals surface area contributed by atoms with E-state index in [-0.39, 0.29) is 17.2 Å². The van der Waals surface area contributed by atoms with E-state index in [9.17, 15) is 13.2 Å². The molecule has 1 amide bonds. The molecule has 1 heterocycles. The van der Waals surface area contributed by atoms with Gasteiger partial charge in [0.15, 0.2) is 5.13 Å². The zero-order valence-corrected chi connectivity index (χ0v) is 18.7. The average molecular weight is 452 g/mol. The van der Waals surface area contributed by atoms with Gasteiger partial charge < -0.3 is 5.32 Å². The van der Waals surface area contributed by atoms with Crippen molar-refractivity contribution in [2.45, 2.75) is 11.3 Å². The first-order valence-electron chi connectivity index (χ1n) is 9.60. The lowest BCUT2D eigenvalue weighted by Gasteiger charge is -2.10. The van der Waals surface area contributed by atoms with Crippen molar-refractivity contribution in [1.82, 2.24) is 9.29 Å². The van der Waals surface area contributed by atoms with Gasteiger partial charge in [-0.1, -0.05) is 65.9 Å². The van der Waals surface area contributed by atoms with Crippen molar-refractivity contribution >= 4 is 42.6 Å². The number of fused-ring (bicyclic) bond motifs is 1. The second kappa shape index (κ2) is 8.58. The van der Waals surface area contributed by atoms with Crippen LogP contribution in [0.15, 0.2) is 77.7 Å². The molecule has 0 saturated carbocycles. The summed E-state index contributed by atoms with van der Waals surface area (Å²) in [5.41, 5.74) is 3.77. The highest BCUT2D eigenvalue weighted by atomic mass is 32.2. The standard InChI is InChI=1S/C23H21N3O3S2/c1-26(2)31(28,29)19-12-13-20-21(15-19)30-23(24-20)25-22(27)14-16-8-10-18(11-9-16)17-6-4-3-5-7-17/h3-13,15H,14H2,1-2H3,(H,24,25,27). The Balaban J connectivity index is 1.46. The fraction of sp³-hybridized carbons (Fsp3) is 0.130. The van der Waals surface area contributed by atoms with Gasteiger partial charge in [0.2, 0.25) is 15.9 Å². The highest BCUT2D eigenvalue weighted by Crippen LogP contribution is 2.29. The number of rotatable bonds is 6. The molecule has 0 spiro atoms. The number of thiazole rings is 1. The summed E-state index contributed by atoms with van der Waals surface area (Å²) < 4.78 is 26.5. The van der Waals surface area contributed by atoms with Crippen molar-refractivity contribution < 1.29 is 13.2 Å². The fourth-order valence-electron chi connectivity index (χ4n) is 3.12. The minimum atomic E-state index is -3.52. The van der Waals surface area contributed by atoms with E-state index in [1.165, 1.54) is 35.8 Å². The van der Waals surface area contributed by atoms with Crippen LogP contribution in [-0.4, -0.2) is 37.7 Å². The molecule has 4 rings (SSSR count). The largest absolute Gasteiger partial charge is 0.302 e. The van der Waals surface area contributed by atoms with Gasteiger partial charge in [0.25, 0.3) is 0 Å². The molecule has 1 aromatic heterocycles. The predicted octanol–water partition coefficient (Wildman–Crippen LogP) is 4.39. The molecule has 0 atom stereocenters. The van der Waals surface area contributed by atoms with Crippen LogP contribution in [0.2, 0.25) is 0 Å². The Morgan fingerprint density at radius 3 is 2.32 bits per heavy atom. The van der Waals surface area contributed by atoms with Gasteiger partial charge in [0, 0.05) is 14.1 Å². The molecule has 0 bridgehead atoms. The molecule has 0 aliphatic carbocycles. The van der Waals surface area contributed by atoms with Crippen molar-refractivity contribution in [3.05, 3.63) is 78.4 Å². The summed E-state index contributed by atoms with van der Waals surface area (Å²) in [6, 6.07) is 22.7. The van der Waals surface area contributed by atoms with Gasteiger partial charge in [-0.15, -0.1) is 0 Å². The molecule has 3 aromatic carbocycles. The van der Waals surface area contributed by atoms with E-state index in [0.29, 0.717) is 15.3 Å². The number of anilines is 1. The number of hydrogen-bond donors (Lipinski definition) is 1. The zero-order chi connectivity index (χ0) is 22.0. The quantitative estimate of drug-likeness (QED) is 0.471. The molecular weight excluding hydrogens is 430 g/mol. The van der Waals surface area contributed by atoms with Gasteiger partial charge in [0.05, 0.1) is 21.5 Å². The zero-order valence-electron chi connectivity index (χ0n) is 17.1. The smallest absolute Gasteiger partial charge is 0.242 e. The fourth-order valence-corrected chi connectivity index (χ4v) is 5.05. The summed E-state index contributed by atoms with van der Waals surface area (Å²) in [5.74, 6) is -0.173. The number of sulfonamides is 1.